The number of halogens is 1. The fraction of sp³-hybridized carbons (Fsp3) is 0.200. The molecule has 0 fully saturated rings. The van der Waals surface area contributed by atoms with Crippen molar-refractivity contribution >= 4 is 54.7 Å². The van der Waals surface area contributed by atoms with E-state index in [1.165, 1.54) is 0 Å². The van der Waals surface area contributed by atoms with Crippen LogP contribution in [-0.4, -0.2) is 31.2 Å². The van der Waals surface area contributed by atoms with E-state index in [0.29, 0.717) is 0 Å². The first-order valence-corrected chi connectivity index (χ1v) is 8.21. The second kappa shape index (κ2) is 6.10. The Morgan fingerprint density at radius 3 is 2.73 bits per heavy atom. The van der Waals surface area contributed by atoms with Gasteiger partial charge in [0.25, 0.3) is 0 Å². The summed E-state index contributed by atoms with van der Waals surface area (Å²) in [4.78, 5) is 10.7. The highest BCUT2D eigenvalue weighted by Gasteiger charge is 2.10. The third kappa shape index (κ3) is 3.00. The van der Waals surface area contributed by atoms with Gasteiger partial charge in [0, 0.05) is 37.6 Å². The predicted molar refractivity (Wildman–Crippen MR) is 95.7 cm³/mol. The molecule has 0 aliphatic rings. The van der Waals surface area contributed by atoms with Gasteiger partial charge in [0.1, 0.15) is 12.1 Å². The lowest BCUT2D eigenvalue weighted by molar-refractivity contribution is 0.415. The Kier molecular flexibility index (Phi) is 4.17. The van der Waals surface area contributed by atoms with Crippen molar-refractivity contribution in [3.63, 3.8) is 0 Å². The SMILES string of the molecule is COc1cc(Nc2ncnc3cc(Br)sc23)cc(N(C)C)c1. The summed E-state index contributed by atoms with van der Waals surface area (Å²) in [7, 11) is 5.66. The Bertz CT molecular complexity index is 818. The van der Waals surface area contributed by atoms with Crippen molar-refractivity contribution in [3.8, 4) is 5.75 Å². The number of aromatic nitrogens is 2. The molecule has 0 atom stereocenters. The molecular formula is C15H15BrN4OS. The van der Waals surface area contributed by atoms with Gasteiger partial charge >= 0.3 is 0 Å². The summed E-state index contributed by atoms with van der Waals surface area (Å²) >= 11 is 5.10. The van der Waals surface area contributed by atoms with Gasteiger partial charge in [-0.15, -0.1) is 11.3 Å². The largest absolute Gasteiger partial charge is 0.497 e. The van der Waals surface area contributed by atoms with Gasteiger partial charge in [0.15, 0.2) is 5.82 Å². The number of thiophene rings is 1. The fourth-order valence-corrected chi connectivity index (χ4v) is 3.57. The van der Waals surface area contributed by atoms with Gasteiger partial charge in [0.2, 0.25) is 0 Å². The molecule has 0 saturated heterocycles. The van der Waals surface area contributed by atoms with E-state index in [1.807, 2.05) is 37.2 Å². The lowest BCUT2D eigenvalue weighted by atomic mass is 10.2. The quantitative estimate of drug-likeness (QED) is 0.734. The number of rotatable bonds is 4. The van der Waals surface area contributed by atoms with Crippen LogP contribution in [0, 0.1) is 0 Å². The predicted octanol–water partition coefficient (Wildman–Crippen LogP) is 4.27. The van der Waals surface area contributed by atoms with Gasteiger partial charge in [-0.05, 0) is 28.1 Å². The summed E-state index contributed by atoms with van der Waals surface area (Å²) < 4.78 is 7.42. The zero-order chi connectivity index (χ0) is 15.7. The third-order valence-corrected chi connectivity index (χ3v) is 4.82. The maximum atomic E-state index is 5.37. The summed E-state index contributed by atoms with van der Waals surface area (Å²) in [6.45, 7) is 0. The molecule has 0 amide bonds. The summed E-state index contributed by atoms with van der Waals surface area (Å²) in [5.74, 6) is 1.59. The number of benzene rings is 1. The monoisotopic (exact) mass is 378 g/mol. The molecule has 2 heterocycles. The molecule has 0 radical (unpaired) electrons. The number of hydrogen-bond acceptors (Lipinski definition) is 6. The average molecular weight is 379 g/mol. The van der Waals surface area contributed by atoms with Crippen LogP contribution in [0.15, 0.2) is 34.4 Å². The molecule has 3 aromatic rings. The number of fused-ring (bicyclic) bond motifs is 1. The van der Waals surface area contributed by atoms with Crippen molar-refractivity contribution in [2.45, 2.75) is 0 Å². The average Bonchev–Trinajstić information content (AvgIpc) is 2.88. The van der Waals surface area contributed by atoms with Crippen molar-refractivity contribution < 1.29 is 4.74 Å². The molecule has 0 aliphatic heterocycles. The molecule has 0 unspecified atom stereocenters. The lowest BCUT2D eigenvalue weighted by Gasteiger charge is -2.16. The van der Waals surface area contributed by atoms with Crippen molar-refractivity contribution in [2.24, 2.45) is 0 Å². The lowest BCUT2D eigenvalue weighted by Crippen LogP contribution is -2.09. The highest BCUT2D eigenvalue weighted by Crippen LogP contribution is 2.35. The van der Waals surface area contributed by atoms with Crippen LogP contribution >= 0.6 is 27.3 Å². The number of hydrogen-bond donors (Lipinski definition) is 1. The minimum atomic E-state index is 0.790. The van der Waals surface area contributed by atoms with Crippen LogP contribution in [0.4, 0.5) is 17.2 Å². The molecule has 1 aromatic carbocycles. The molecule has 0 saturated carbocycles. The topological polar surface area (TPSA) is 50.3 Å². The molecule has 22 heavy (non-hydrogen) atoms. The van der Waals surface area contributed by atoms with E-state index < -0.39 is 0 Å². The molecule has 2 aromatic heterocycles. The maximum absolute atomic E-state index is 5.37. The van der Waals surface area contributed by atoms with Crippen LogP contribution in [0.25, 0.3) is 10.2 Å². The van der Waals surface area contributed by atoms with Gasteiger partial charge in [-0.3, -0.25) is 0 Å². The minimum absolute atomic E-state index is 0.790. The third-order valence-electron chi connectivity index (χ3n) is 3.19. The smallest absolute Gasteiger partial charge is 0.151 e. The van der Waals surface area contributed by atoms with E-state index in [4.69, 9.17) is 4.74 Å². The normalized spacial score (nSPS) is 10.7. The number of nitrogens with zero attached hydrogens (tertiary/aromatic N) is 3. The van der Waals surface area contributed by atoms with Crippen LogP contribution in [0.2, 0.25) is 0 Å². The Hall–Kier alpha value is -1.86. The zero-order valence-corrected chi connectivity index (χ0v) is 14.8. The summed E-state index contributed by atoms with van der Waals surface area (Å²) in [6.07, 6.45) is 1.57. The number of nitrogens with one attached hydrogen (secondary N) is 1. The molecule has 5 nitrogen and oxygen atoms in total. The number of methoxy groups -OCH3 is 1. The Balaban J connectivity index is 2.02. The van der Waals surface area contributed by atoms with Crippen molar-refractivity contribution in [2.75, 3.05) is 31.4 Å². The van der Waals surface area contributed by atoms with Gasteiger partial charge in [-0.2, -0.15) is 0 Å². The Labute approximate surface area is 141 Å². The molecule has 0 spiro atoms. The summed E-state index contributed by atoms with van der Waals surface area (Å²) in [5, 5.41) is 3.36. The fourth-order valence-electron chi connectivity index (χ4n) is 2.08. The van der Waals surface area contributed by atoms with Crippen LogP contribution < -0.4 is 15.0 Å². The molecule has 114 valence electrons. The standard InChI is InChI=1S/C15H15BrN4OS/c1-20(2)10-4-9(5-11(6-10)21-3)19-15-14-12(17-8-18-15)7-13(16)22-14/h4-8H,1-3H3,(H,17,18,19). The van der Waals surface area contributed by atoms with Gasteiger partial charge in [-0.1, -0.05) is 0 Å². The first-order valence-electron chi connectivity index (χ1n) is 6.60. The van der Waals surface area contributed by atoms with E-state index in [2.05, 4.69) is 37.3 Å². The van der Waals surface area contributed by atoms with Crippen LogP contribution in [-0.2, 0) is 0 Å². The van der Waals surface area contributed by atoms with Crippen LogP contribution in [0.3, 0.4) is 0 Å². The van der Waals surface area contributed by atoms with E-state index in [1.54, 1.807) is 24.8 Å². The van der Waals surface area contributed by atoms with E-state index in [-0.39, 0.29) is 0 Å². The Morgan fingerprint density at radius 1 is 1.18 bits per heavy atom. The Morgan fingerprint density at radius 2 is 2.00 bits per heavy atom. The molecular weight excluding hydrogens is 364 g/mol. The van der Waals surface area contributed by atoms with Gasteiger partial charge in [0.05, 0.1) is 21.1 Å². The molecule has 3 rings (SSSR count). The summed E-state index contributed by atoms with van der Waals surface area (Å²) in [6, 6.07) is 7.98. The summed E-state index contributed by atoms with van der Waals surface area (Å²) in [5.41, 5.74) is 2.90. The van der Waals surface area contributed by atoms with E-state index >= 15 is 0 Å². The highest BCUT2D eigenvalue weighted by atomic mass is 79.9. The first kappa shape index (κ1) is 15.1. The van der Waals surface area contributed by atoms with E-state index in [9.17, 15) is 0 Å². The van der Waals surface area contributed by atoms with Crippen LogP contribution in [0.5, 0.6) is 5.75 Å². The van der Waals surface area contributed by atoms with Crippen LogP contribution in [0.1, 0.15) is 0 Å². The van der Waals surface area contributed by atoms with Crippen molar-refractivity contribution in [1.29, 1.82) is 0 Å². The van der Waals surface area contributed by atoms with Gasteiger partial charge in [-0.25, -0.2) is 9.97 Å². The van der Waals surface area contributed by atoms with Crippen molar-refractivity contribution in [1.82, 2.24) is 9.97 Å². The molecule has 7 heteroatoms. The molecule has 0 bridgehead atoms. The number of ether oxygens (including phenoxy) is 1. The molecule has 0 aliphatic carbocycles. The zero-order valence-electron chi connectivity index (χ0n) is 12.4. The first-order chi connectivity index (χ1) is 10.6. The minimum Gasteiger partial charge on any atom is -0.497 e. The second-order valence-corrected chi connectivity index (χ2v) is 7.36. The van der Waals surface area contributed by atoms with Gasteiger partial charge < -0.3 is 15.0 Å². The second-order valence-electron chi connectivity index (χ2n) is 4.93. The highest BCUT2D eigenvalue weighted by molar-refractivity contribution is 9.11. The van der Waals surface area contributed by atoms with Crippen molar-refractivity contribution in [3.05, 3.63) is 34.4 Å². The number of anilines is 3. The van der Waals surface area contributed by atoms with E-state index in [0.717, 1.165) is 36.9 Å². The maximum Gasteiger partial charge on any atom is 0.151 e. The molecule has 1 N–H and O–H groups in total.